The molecule has 6 heteroatoms. The maximum Gasteiger partial charge on any atom is 0.251 e. The number of halogens is 1. The predicted molar refractivity (Wildman–Crippen MR) is 95.0 cm³/mol. The Balaban J connectivity index is 1.30. The van der Waals surface area contributed by atoms with Gasteiger partial charge >= 0.3 is 0 Å². The minimum atomic E-state index is -0.208. The molecule has 5 nitrogen and oxygen atoms in total. The third kappa shape index (κ3) is 3.76. The number of aromatic nitrogens is 1. The highest BCUT2D eigenvalue weighted by atomic mass is 19.1. The molecule has 0 bridgehead atoms. The molecule has 0 spiro atoms. The highest BCUT2D eigenvalue weighted by Crippen LogP contribution is 2.34. The third-order valence-electron chi connectivity index (χ3n) is 5.30. The molecule has 1 N–H and O–H groups in total. The predicted octanol–water partition coefficient (Wildman–Crippen LogP) is 2.10. The maximum atomic E-state index is 13.0. The van der Waals surface area contributed by atoms with Gasteiger partial charge in [0.15, 0.2) is 0 Å². The topological polar surface area (TPSA) is 54.5 Å². The molecule has 1 amide bonds. The van der Waals surface area contributed by atoms with Crippen LogP contribution in [0.2, 0.25) is 0 Å². The van der Waals surface area contributed by atoms with Crippen molar-refractivity contribution in [2.45, 2.75) is 12.6 Å². The van der Waals surface area contributed by atoms with Crippen molar-refractivity contribution in [1.82, 2.24) is 15.2 Å². The van der Waals surface area contributed by atoms with E-state index in [0.29, 0.717) is 30.6 Å². The van der Waals surface area contributed by atoms with E-state index in [9.17, 15) is 9.18 Å². The summed E-state index contributed by atoms with van der Waals surface area (Å²) in [5, 5.41) is 3.02. The number of ether oxygens (including phenoxy) is 1. The summed E-state index contributed by atoms with van der Waals surface area (Å²) in [5.41, 5.74) is 1.73. The van der Waals surface area contributed by atoms with Gasteiger partial charge in [0.25, 0.3) is 5.91 Å². The van der Waals surface area contributed by atoms with Gasteiger partial charge in [-0.05, 0) is 29.8 Å². The van der Waals surface area contributed by atoms with E-state index in [1.807, 2.05) is 12.1 Å². The second kappa shape index (κ2) is 7.51. The minimum absolute atomic E-state index is 0.0722. The molecule has 0 unspecified atom stereocenters. The lowest BCUT2D eigenvalue weighted by Gasteiger charge is -2.20. The summed E-state index contributed by atoms with van der Waals surface area (Å²) in [5.74, 6) is 0.467. The third-order valence-corrected chi connectivity index (χ3v) is 5.30. The second-order valence-electron chi connectivity index (χ2n) is 7.06. The van der Waals surface area contributed by atoms with E-state index in [4.69, 9.17) is 4.74 Å². The zero-order valence-electron chi connectivity index (χ0n) is 14.5. The van der Waals surface area contributed by atoms with Gasteiger partial charge in [-0.1, -0.05) is 12.1 Å². The van der Waals surface area contributed by atoms with Crippen LogP contribution in [0.15, 0.2) is 48.8 Å². The number of carbonyl (C=O) groups excluding carboxylic acids is 1. The number of hydrogen-bond acceptors (Lipinski definition) is 4. The van der Waals surface area contributed by atoms with Gasteiger partial charge in [0.1, 0.15) is 5.82 Å². The van der Waals surface area contributed by atoms with Gasteiger partial charge in [-0.15, -0.1) is 0 Å². The van der Waals surface area contributed by atoms with Crippen LogP contribution in [0.25, 0.3) is 0 Å². The Morgan fingerprint density at radius 3 is 2.73 bits per heavy atom. The lowest BCUT2D eigenvalue weighted by molar-refractivity contribution is 0.0903. The summed E-state index contributed by atoms with van der Waals surface area (Å²) in [4.78, 5) is 18.5. The second-order valence-corrected chi connectivity index (χ2v) is 7.06. The van der Waals surface area contributed by atoms with Crippen LogP contribution < -0.4 is 5.32 Å². The van der Waals surface area contributed by atoms with Crippen LogP contribution >= 0.6 is 0 Å². The number of carbonyl (C=O) groups is 1. The first-order valence-corrected chi connectivity index (χ1v) is 8.95. The molecule has 2 saturated heterocycles. The zero-order chi connectivity index (χ0) is 17.9. The standard InChI is InChI=1S/C20H22FN3O2/c21-17-3-1-14(2-4-17)10-24-11-18-16(13-26-19(18)12-24)9-23-20(25)15-5-7-22-8-6-15/h1-8,16,18-19H,9-13H2,(H,23,25)/t16-,18+,19+/m0/s1. The van der Waals surface area contributed by atoms with Crippen LogP contribution in [0.3, 0.4) is 0 Å². The van der Waals surface area contributed by atoms with E-state index < -0.39 is 0 Å². The number of rotatable bonds is 5. The monoisotopic (exact) mass is 355 g/mol. The smallest absolute Gasteiger partial charge is 0.251 e. The Morgan fingerprint density at radius 2 is 1.96 bits per heavy atom. The quantitative estimate of drug-likeness (QED) is 0.892. The van der Waals surface area contributed by atoms with E-state index in [1.54, 1.807) is 24.5 Å². The molecular weight excluding hydrogens is 333 g/mol. The Kier molecular flexibility index (Phi) is 4.95. The Bertz CT molecular complexity index is 753. The van der Waals surface area contributed by atoms with Crippen molar-refractivity contribution in [1.29, 1.82) is 0 Å². The largest absolute Gasteiger partial charge is 0.376 e. The van der Waals surface area contributed by atoms with Crippen LogP contribution in [0, 0.1) is 17.7 Å². The van der Waals surface area contributed by atoms with Crippen LogP contribution in [-0.2, 0) is 11.3 Å². The fourth-order valence-corrected chi connectivity index (χ4v) is 3.90. The maximum absolute atomic E-state index is 13.0. The molecule has 136 valence electrons. The summed E-state index contributed by atoms with van der Waals surface area (Å²) in [6.45, 7) is 3.93. The lowest BCUT2D eigenvalue weighted by Crippen LogP contribution is -2.34. The Labute approximate surface area is 152 Å². The lowest BCUT2D eigenvalue weighted by atomic mass is 9.93. The Morgan fingerprint density at radius 1 is 1.19 bits per heavy atom. The zero-order valence-corrected chi connectivity index (χ0v) is 14.5. The molecule has 2 fully saturated rings. The number of hydrogen-bond donors (Lipinski definition) is 1. The van der Waals surface area contributed by atoms with Gasteiger partial charge in [-0.3, -0.25) is 14.7 Å². The molecule has 1 aromatic carbocycles. The molecule has 0 saturated carbocycles. The van der Waals surface area contributed by atoms with Crippen molar-refractivity contribution < 1.29 is 13.9 Å². The fraction of sp³-hybridized carbons (Fsp3) is 0.400. The highest BCUT2D eigenvalue weighted by molar-refractivity contribution is 5.93. The minimum Gasteiger partial charge on any atom is -0.376 e. The summed E-state index contributed by atoms with van der Waals surface area (Å²) < 4.78 is 19.0. The molecule has 0 aliphatic carbocycles. The van der Waals surface area contributed by atoms with Crippen molar-refractivity contribution in [2.24, 2.45) is 11.8 Å². The molecule has 2 aliphatic heterocycles. The SMILES string of the molecule is O=C(NC[C@H]1CO[C@@H]2CN(Cc3ccc(F)cc3)C[C@H]12)c1ccncc1. The summed E-state index contributed by atoms with van der Waals surface area (Å²) in [6.07, 6.45) is 3.46. The van der Waals surface area contributed by atoms with E-state index >= 15 is 0 Å². The van der Waals surface area contributed by atoms with Crippen molar-refractivity contribution in [3.05, 3.63) is 65.7 Å². The van der Waals surface area contributed by atoms with E-state index in [0.717, 1.165) is 25.2 Å². The molecule has 0 radical (unpaired) electrons. The van der Waals surface area contributed by atoms with Crippen molar-refractivity contribution >= 4 is 5.91 Å². The normalized spacial score (nSPS) is 25.2. The van der Waals surface area contributed by atoms with Gasteiger partial charge in [0, 0.05) is 56.0 Å². The average molecular weight is 355 g/mol. The number of nitrogens with zero attached hydrogens (tertiary/aromatic N) is 2. The number of benzene rings is 1. The number of nitrogens with one attached hydrogen (secondary N) is 1. The van der Waals surface area contributed by atoms with Crippen molar-refractivity contribution in [3.8, 4) is 0 Å². The van der Waals surface area contributed by atoms with Crippen LogP contribution in [0.4, 0.5) is 4.39 Å². The van der Waals surface area contributed by atoms with E-state index in [2.05, 4.69) is 15.2 Å². The molecule has 1 aromatic heterocycles. The van der Waals surface area contributed by atoms with Gasteiger partial charge in [0.05, 0.1) is 12.7 Å². The number of likely N-dealkylation sites (tertiary alicyclic amines) is 1. The van der Waals surface area contributed by atoms with Crippen molar-refractivity contribution in [2.75, 3.05) is 26.2 Å². The van der Waals surface area contributed by atoms with Gasteiger partial charge in [0.2, 0.25) is 0 Å². The number of fused-ring (bicyclic) bond motifs is 1. The number of pyridine rings is 1. The average Bonchev–Trinajstić information content (AvgIpc) is 3.23. The molecule has 2 aliphatic rings. The fourth-order valence-electron chi connectivity index (χ4n) is 3.90. The van der Waals surface area contributed by atoms with E-state index in [1.165, 1.54) is 12.1 Å². The van der Waals surface area contributed by atoms with Crippen LogP contribution in [-0.4, -0.2) is 48.1 Å². The first-order chi connectivity index (χ1) is 12.7. The Hall–Kier alpha value is -2.31. The molecule has 3 heterocycles. The summed E-state index contributed by atoms with van der Waals surface area (Å²) >= 11 is 0. The first kappa shape index (κ1) is 17.1. The van der Waals surface area contributed by atoms with Gasteiger partial charge < -0.3 is 10.1 Å². The number of amides is 1. The molecule has 4 rings (SSSR count). The first-order valence-electron chi connectivity index (χ1n) is 8.95. The highest BCUT2D eigenvalue weighted by Gasteiger charge is 2.43. The molecular formula is C20H22FN3O2. The van der Waals surface area contributed by atoms with Crippen molar-refractivity contribution in [3.63, 3.8) is 0 Å². The summed E-state index contributed by atoms with van der Waals surface area (Å²) in [6, 6.07) is 10.1. The molecule has 3 atom stereocenters. The van der Waals surface area contributed by atoms with Crippen LogP contribution in [0.5, 0.6) is 0 Å². The van der Waals surface area contributed by atoms with Gasteiger partial charge in [-0.2, -0.15) is 0 Å². The molecule has 26 heavy (non-hydrogen) atoms. The van der Waals surface area contributed by atoms with Gasteiger partial charge in [-0.25, -0.2) is 4.39 Å². The van der Waals surface area contributed by atoms with E-state index in [-0.39, 0.29) is 17.8 Å². The van der Waals surface area contributed by atoms with Crippen LogP contribution in [0.1, 0.15) is 15.9 Å². The summed E-state index contributed by atoms with van der Waals surface area (Å²) in [7, 11) is 0. The molecule has 2 aromatic rings.